The minimum absolute atomic E-state index is 0.681. The van der Waals surface area contributed by atoms with Crippen molar-refractivity contribution in [3.8, 4) is 22.6 Å². The number of hydrogen-bond donors (Lipinski definition) is 1. The Morgan fingerprint density at radius 2 is 1.50 bits per heavy atom. The van der Waals surface area contributed by atoms with Gasteiger partial charge in [-0.3, -0.25) is 0 Å². The maximum atomic E-state index is 11.0. The second-order valence-electron chi connectivity index (χ2n) is 5.45. The van der Waals surface area contributed by atoms with Crippen molar-refractivity contribution in [2.24, 2.45) is 0 Å². The number of carbonyl (C=O) groups is 1. The predicted molar refractivity (Wildman–Crippen MR) is 120 cm³/mol. The second kappa shape index (κ2) is 8.68. The highest BCUT2D eigenvalue weighted by Crippen LogP contribution is 2.37. The van der Waals surface area contributed by atoms with Crippen molar-refractivity contribution >= 4 is 57.2 Å². The molecule has 0 heterocycles. The van der Waals surface area contributed by atoms with Crippen LogP contribution in [-0.2, 0) is 4.79 Å². The van der Waals surface area contributed by atoms with Gasteiger partial charge < -0.3 is 9.84 Å². The summed E-state index contributed by atoms with van der Waals surface area (Å²) in [6, 6.07) is 21.5. The molecule has 26 heavy (non-hydrogen) atoms. The molecule has 0 aliphatic heterocycles. The van der Waals surface area contributed by atoms with E-state index >= 15 is 0 Å². The highest BCUT2D eigenvalue weighted by atomic mass is 127. The number of ether oxygens (including phenoxy) is 1. The molecule has 0 spiro atoms. The van der Waals surface area contributed by atoms with Gasteiger partial charge in [-0.25, -0.2) is 4.79 Å². The van der Waals surface area contributed by atoms with Gasteiger partial charge in [-0.1, -0.05) is 24.3 Å². The van der Waals surface area contributed by atoms with Crippen molar-refractivity contribution < 1.29 is 14.6 Å². The highest BCUT2D eigenvalue weighted by molar-refractivity contribution is 14.1. The highest BCUT2D eigenvalue weighted by Gasteiger charge is 2.12. The first-order chi connectivity index (χ1) is 12.5. The number of carboxylic acids is 1. The van der Waals surface area contributed by atoms with Gasteiger partial charge in [0.1, 0.15) is 11.5 Å². The van der Waals surface area contributed by atoms with Crippen molar-refractivity contribution in [2.75, 3.05) is 0 Å². The van der Waals surface area contributed by atoms with Crippen LogP contribution in [0.15, 0.2) is 72.8 Å². The molecule has 0 fully saturated rings. The average molecular weight is 568 g/mol. The van der Waals surface area contributed by atoms with Crippen molar-refractivity contribution in [2.45, 2.75) is 0 Å². The first-order valence-corrected chi connectivity index (χ1v) is 9.92. The summed E-state index contributed by atoms with van der Waals surface area (Å²) >= 11 is 4.50. The van der Waals surface area contributed by atoms with E-state index in [0.29, 0.717) is 5.75 Å². The number of hydrogen-bond acceptors (Lipinski definition) is 2. The monoisotopic (exact) mass is 568 g/mol. The van der Waals surface area contributed by atoms with E-state index in [9.17, 15) is 4.79 Å². The summed E-state index contributed by atoms with van der Waals surface area (Å²) in [6.45, 7) is 0. The lowest BCUT2D eigenvalue weighted by atomic mass is 9.98. The van der Waals surface area contributed by atoms with Gasteiger partial charge in [-0.2, -0.15) is 0 Å². The van der Waals surface area contributed by atoms with Crippen LogP contribution in [0, 0.1) is 7.14 Å². The van der Waals surface area contributed by atoms with Gasteiger partial charge in [0.15, 0.2) is 0 Å². The minimum atomic E-state index is -0.984. The van der Waals surface area contributed by atoms with Crippen LogP contribution in [0.2, 0.25) is 0 Å². The summed E-state index contributed by atoms with van der Waals surface area (Å²) in [5.41, 5.74) is 2.62. The zero-order valence-electron chi connectivity index (χ0n) is 13.5. The van der Waals surface area contributed by atoms with Crippen LogP contribution >= 0.6 is 45.2 Å². The average Bonchev–Trinajstić information content (AvgIpc) is 2.63. The Balaban J connectivity index is 2.10. The summed E-state index contributed by atoms with van der Waals surface area (Å²) in [5, 5.41) is 8.98. The SMILES string of the molecule is O=C(O)/C=C/c1cccc(Oc2ccc(I)cc2)c1-c1ccc(I)cc1. The van der Waals surface area contributed by atoms with Crippen LogP contribution in [0.1, 0.15) is 5.56 Å². The minimum Gasteiger partial charge on any atom is -0.478 e. The van der Waals surface area contributed by atoms with Crippen LogP contribution < -0.4 is 4.74 Å². The topological polar surface area (TPSA) is 46.5 Å². The van der Waals surface area contributed by atoms with Crippen molar-refractivity contribution in [1.82, 2.24) is 0 Å². The molecule has 0 unspecified atom stereocenters. The van der Waals surface area contributed by atoms with Gasteiger partial charge in [-0.05, 0) is 105 Å². The number of rotatable bonds is 5. The lowest BCUT2D eigenvalue weighted by Crippen LogP contribution is -1.93. The maximum Gasteiger partial charge on any atom is 0.328 e. The predicted octanol–water partition coefficient (Wildman–Crippen LogP) is 6.45. The Bertz CT molecular complexity index is 946. The van der Waals surface area contributed by atoms with Gasteiger partial charge in [0.05, 0.1) is 0 Å². The summed E-state index contributed by atoms with van der Waals surface area (Å²) in [6.07, 6.45) is 2.73. The third-order valence-electron chi connectivity index (χ3n) is 3.64. The first kappa shape index (κ1) is 18.9. The summed E-state index contributed by atoms with van der Waals surface area (Å²) in [7, 11) is 0. The summed E-state index contributed by atoms with van der Waals surface area (Å²) in [4.78, 5) is 11.0. The zero-order chi connectivity index (χ0) is 18.5. The van der Waals surface area contributed by atoms with Crippen molar-refractivity contribution in [3.05, 3.63) is 85.5 Å². The molecule has 0 aliphatic carbocycles. The molecular formula is C21H14I2O3. The van der Waals surface area contributed by atoms with Crippen LogP contribution in [0.4, 0.5) is 0 Å². The van der Waals surface area contributed by atoms with Crippen molar-refractivity contribution in [1.29, 1.82) is 0 Å². The number of halogens is 2. The fourth-order valence-electron chi connectivity index (χ4n) is 2.49. The first-order valence-electron chi connectivity index (χ1n) is 7.76. The van der Waals surface area contributed by atoms with E-state index in [1.807, 2.05) is 66.7 Å². The Kier molecular flexibility index (Phi) is 6.31. The molecule has 0 bridgehead atoms. The number of benzene rings is 3. The van der Waals surface area contributed by atoms with Gasteiger partial charge >= 0.3 is 5.97 Å². The van der Waals surface area contributed by atoms with E-state index in [1.165, 1.54) is 0 Å². The standard InChI is InChI=1S/C21H14I2O3/c22-16-7-4-15(5-8-16)21-14(6-13-20(24)25)2-1-3-19(21)26-18-11-9-17(23)10-12-18/h1-13H,(H,24,25)/b13-6+. The van der Waals surface area contributed by atoms with E-state index < -0.39 is 5.97 Å². The molecule has 0 aromatic heterocycles. The molecule has 3 rings (SSSR count). The molecule has 1 N–H and O–H groups in total. The molecule has 0 aliphatic rings. The third-order valence-corrected chi connectivity index (χ3v) is 5.08. The lowest BCUT2D eigenvalue weighted by Gasteiger charge is -2.14. The van der Waals surface area contributed by atoms with Crippen LogP contribution in [-0.4, -0.2) is 11.1 Å². The van der Waals surface area contributed by atoms with Gasteiger partial charge in [0, 0.05) is 18.8 Å². The fraction of sp³-hybridized carbons (Fsp3) is 0. The van der Waals surface area contributed by atoms with Crippen LogP contribution in [0.5, 0.6) is 11.5 Å². The van der Waals surface area contributed by atoms with Crippen LogP contribution in [0.25, 0.3) is 17.2 Å². The van der Waals surface area contributed by atoms with Crippen molar-refractivity contribution in [3.63, 3.8) is 0 Å². The molecule has 130 valence electrons. The summed E-state index contributed by atoms with van der Waals surface area (Å²) < 4.78 is 8.37. The molecule has 0 saturated heterocycles. The normalized spacial score (nSPS) is 10.8. The molecule has 0 radical (unpaired) electrons. The Morgan fingerprint density at radius 1 is 0.885 bits per heavy atom. The van der Waals surface area contributed by atoms with Gasteiger partial charge in [0.25, 0.3) is 0 Å². The number of aliphatic carboxylic acids is 1. The van der Waals surface area contributed by atoms with E-state index in [0.717, 1.165) is 35.7 Å². The van der Waals surface area contributed by atoms with Gasteiger partial charge in [-0.15, -0.1) is 0 Å². The largest absolute Gasteiger partial charge is 0.478 e. The van der Waals surface area contributed by atoms with Crippen LogP contribution in [0.3, 0.4) is 0 Å². The molecule has 5 heteroatoms. The smallest absolute Gasteiger partial charge is 0.328 e. The molecule has 3 aromatic carbocycles. The molecule has 3 aromatic rings. The third kappa shape index (κ3) is 4.85. The maximum absolute atomic E-state index is 11.0. The van der Waals surface area contributed by atoms with E-state index in [1.54, 1.807) is 6.08 Å². The molecule has 0 saturated carbocycles. The van der Waals surface area contributed by atoms with E-state index in [4.69, 9.17) is 9.84 Å². The quantitative estimate of drug-likeness (QED) is 0.284. The van der Waals surface area contributed by atoms with E-state index in [-0.39, 0.29) is 0 Å². The molecule has 0 amide bonds. The Labute approximate surface area is 179 Å². The zero-order valence-corrected chi connectivity index (χ0v) is 17.8. The molecule has 3 nitrogen and oxygen atoms in total. The fourth-order valence-corrected chi connectivity index (χ4v) is 3.21. The molecular weight excluding hydrogens is 554 g/mol. The van der Waals surface area contributed by atoms with E-state index in [2.05, 4.69) is 45.2 Å². The number of carboxylic acid groups (broad SMARTS) is 1. The Hall–Kier alpha value is -1.87. The van der Waals surface area contributed by atoms with Gasteiger partial charge in [0.2, 0.25) is 0 Å². The lowest BCUT2D eigenvalue weighted by molar-refractivity contribution is -0.131. The Morgan fingerprint density at radius 3 is 2.12 bits per heavy atom. The molecule has 0 atom stereocenters. The second-order valence-corrected chi connectivity index (χ2v) is 7.95. The summed E-state index contributed by atoms with van der Waals surface area (Å²) in [5.74, 6) is 0.430.